The highest BCUT2D eigenvalue weighted by Crippen LogP contribution is 2.35. The number of nitrogens with zero attached hydrogens (tertiary/aromatic N) is 1. The van der Waals surface area contributed by atoms with Crippen LogP contribution < -0.4 is 15.5 Å². The quantitative estimate of drug-likeness (QED) is 0.562. The van der Waals surface area contributed by atoms with Crippen molar-refractivity contribution in [2.24, 2.45) is 5.92 Å². The van der Waals surface area contributed by atoms with Gasteiger partial charge in [-0.25, -0.2) is 4.39 Å². The zero-order valence-electron chi connectivity index (χ0n) is 16.2. The lowest BCUT2D eigenvalue weighted by atomic mass is 9.82. The molecule has 1 aliphatic carbocycles. The number of piperidine rings is 1. The number of hydrogen-bond acceptors (Lipinski definition) is 3. The predicted octanol–water partition coefficient (Wildman–Crippen LogP) is 5.17. The molecule has 2 aliphatic heterocycles. The van der Waals surface area contributed by atoms with E-state index < -0.39 is 0 Å². The lowest BCUT2D eigenvalue weighted by Gasteiger charge is -2.37. The molecule has 1 saturated heterocycles. The molecule has 2 N–H and O–H groups in total. The first-order valence-electron chi connectivity index (χ1n) is 10.3. The third kappa shape index (κ3) is 3.53. The van der Waals surface area contributed by atoms with Gasteiger partial charge in [0.25, 0.3) is 5.91 Å². The number of amides is 1. The van der Waals surface area contributed by atoms with Crippen LogP contribution in [0.2, 0.25) is 0 Å². The molecule has 1 unspecified atom stereocenters. The normalized spacial score (nSPS) is 22.0. The number of allylic oxidation sites excluding steroid dienone is 1. The average molecular weight is 389 g/mol. The number of benzene rings is 2. The minimum atomic E-state index is -0.359. The van der Waals surface area contributed by atoms with Crippen LogP contribution in [0.3, 0.4) is 0 Å². The molecule has 0 saturated carbocycles. The SMILES string of the molecule is O=C1Nc2cc(F)ccc2C1=CNc1ccc(N2CCC3CCCC=C3C2)cc1. The standard InChI is InChI=1S/C24H24FN3O/c25-18-5-10-21-22(24(29)27-23(21)13-18)14-26-19-6-8-20(9-7-19)28-12-11-16-3-1-2-4-17(16)15-28/h4-10,13-14,16,26H,1-3,11-12,15H2,(H,27,29). The molecule has 29 heavy (non-hydrogen) atoms. The molecule has 1 amide bonds. The molecule has 5 rings (SSSR count). The summed E-state index contributed by atoms with van der Waals surface area (Å²) in [6.45, 7) is 2.14. The minimum Gasteiger partial charge on any atom is -0.368 e. The first-order chi connectivity index (χ1) is 14.2. The van der Waals surface area contributed by atoms with Crippen LogP contribution in [0.15, 0.2) is 60.3 Å². The van der Waals surface area contributed by atoms with E-state index in [1.165, 1.54) is 43.5 Å². The molecule has 0 aromatic heterocycles. The number of nitrogens with one attached hydrogen (secondary N) is 2. The molecule has 148 valence electrons. The topological polar surface area (TPSA) is 44.4 Å². The van der Waals surface area contributed by atoms with Crippen molar-refractivity contribution in [2.45, 2.75) is 25.7 Å². The van der Waals surface area contributed by atoms with Gasteiger partial charge in [-0.1, -0.05) is 11.6 Å². The second-order valence-corrected chi connectivity index (χ2v) is 8.01. The van der Waals surface area contributed by atoms with Gasteiger partial charge in [-0.3, -0.25) is 4.79 Å². The van der Waals surface area contributed by atoms with Crippen LogP contribution >= 0.6 is 0 Å². The Balaban J connectivity index is 1.29. The van der Waals surface area contributed by atoms with Crippen LogP contribution in [0.4, 0.5) is 21.5 Å². The first kappa shape index (κ1) is 18.0. The molecule has 0 radical (unpaired) electrons. The Labute approximate surface area is 170 Å². The zero-order valence-corrected chi connectivity index (χ0v) is 16.2. The van der Waals surface area contributed by atoms with Crippen molar-refractivity contribution < 1.29 is 9.18 Å². The van der Waals surface area contributed by atoms with Crippen LogP contribution in [0, 0.1) is 11.7 Å². The van der Waals surface area contributed by atoms with Crippen molar-refractivity contribution in [3.05, 3.63) is 71.7 Å². The summed E-state index contributed by atoms with van der Waals surface area (Å²) in [4.78, 5) is 14.6. The minimum absolute atomic E-state index is 0.224. The number of hydrogen-bond donors (Lipinski definition) is 2. The van der Waals surface area contributed by atoms with E-state index >= 15 is 0 Å². The third-order valence-electron chi connectivity index (χ3n) is 6.19. The highest BCUT2D eigenvalue weighted by atomic mass is 19.1. The van der Waals surface area contributed by atoms with Crippen LogP contribution in [0.5, 0.6) is 0 Å². The highest BCUT2D eigenvalue weighted by Gasteiger charge is 2.26. The second-order valence-electron chi connectivity index (χ2n) is 8.01. The van der Waals surface area contributed by atoms with E-state index in [1.807, 2.05) is 12.1 Å². The van der Waals surface area contributed by atoms with Crippen LogP contribution in [-0.4, -0.2) is 19.0 Å². The number of halogens is 1. The molecule has 1 atom stereocenters. The van der Waals surface area contributed by atoms with Gasteiger partial charge in [-0.2, -0.15) is 0 Å². The summed E-state index contributed by atoms with van der Waals surface area (Å²) in [5.41, 5.74) is 5.49. The van der Waals surface area contributed by atoms with E-state index in [0.29, 0.717) is 16.8 Å². The fourth-order valence-electron chi connectivity index (χ4n) is 4.59. The van der Waals surface area contributed by atoms with Gasteiger partial charge in [-0.15, -0.1) is 0 Å². The Morgan fingerprint density at radius 3 is 2.86 bits per heavy atom. The third-order valence-corrected chi connectivity index (χ3v) is 6.19. The Morgan fingerprint density at radius 1 is 1.14 bits per heavy atom. The molecule has 1 fully saturated rings. The Kier molecular flexibility index (Phi) is 4.58. The van der Waals surface area contributed by atoms with E-state index in [9.17, 15) is 9.18 Å². The first-order valence-corrected chi connectivity index (χ1v) is 10.3. The largest absolute Gasteiger partial charge is 0.368 e. The van der Waals surface area contributed by atoms with Crippen molar-refractivity contribution >= 4 is 28.5 Å². The van der Waals surface area contributed by atoms with Gasteiger partial charge in [0.05, 0.1) is 11.3 Å². The average Bonchev–Trinajstić information content (AvgIpc) is 3.06. The summed E-state index contributed by atoms with van der Waals surface area (Å²) in [6.07, 6.45) is 9.28. The van der Waals surface area contributed by atoms with Crippen molar-refractivity contribution in [2.75, 3.05) is 28.6 Å². The number of fused-ring (bicyclic) bond motifs is 2. The summed E-state index contributed by atoms with van der Waals surface area (Å²) in [5.74, 6) is 0.210. The lowest BCUT2D eigenvalue weighted by molar-refractivity contribution is -0.110. The van der Waals surface area contributed by atoms with E-state index in [0.717, 1.165) is 24.7 Å². The van der Waals surface area contributed by atoms with Gasteiger partial charge in [0.15, 0.2) is 0 Å². The van der Waals surface area contributed by atoms with Gasteiger partial charge < -0.3 is 15.5 Å². The van der Waals surface area contributed by atoms with Crippen LogP contribution in [-0.2, 0) is 4.79 Å². The molecule has 0 bridgehead atoms. The number of carbonyl (C=O) groups excluding carboxylic acids is 1. The molecule has 4 nitrogen and oxygen atoms in total. The summed E-state index contributed by atoms with van der Waals surface area (Å²) < 4.78 is 13.4. The van der Waals surface area contributed by atoms with Crippen LogP contribution in [0.1, 0.15) is 31.2 Å². The second kappa shape index (κ2) is 7.39. The van der Waals surface area contributed by atoms with E-state index in [-0.39, 0.29) is 11.7 Å². The van der Waals surface area contributed by atoms with Crippen molar-refractivity contribution in [3.8, 4) is 0 Å². The maximum atomic E-state index is 13.4. The summed E-state index contributed by atoms with van der Waals surface area (Å²) in [5, 5.41) is 5.90. The molecule has 0 spiro atoms. The molecular weight excluding hydrogens is 365 g/mol. The monoisotopic (exact) mass is 389 g/mol. The maximum Gasteiger partial charge on any atom is 0.257 e. The van der Waals surface area contributed by atoms with Gasteiger partial charge in [0, 0.05) is 36.2 Å². The Bertz CT molecular complexity index is 1010. The lowest BCUT2D eigenvalue weighted by Crippen LogP contribution is -2.36. The smallest absolute Gasteiger partial charge is 0.257 e. The number of carbonyl (C=O) groups is 1. The summed E-state index contributed by atoms with van der Waals surface area (Å²) in [6, 6.07) is 12.7. The van der Waals surface area contributed by atoms with E-state index in [2.05, 4.69) is 33.7 Å². The fourth-order valence-corrected chi connectivity index (χ4v) is 4.59. The molecule has 2 heterocycles. The van der Waals surface area contributed by atoms with Crippen molar-refractivity contribution in [3.63, 3.8) is 0 Å². The van der Waals surface area contributed by atoms with Gasteiger partial charge >= 0.3 is 0 Å². The molecule has 5 heteroatoms. The zero-order chi connectivity index (χ0) is 19.8. The maximum absolute atomic E-state index is 13.4. The summed E-state index contributed by atoms with van der Waals surface area (Å²) >= 11 is 0. The van der Waals surface area contributed by atoms with Gasteiger partial charge in [0.2, 0.25) is 0 Å². The Hall–Kier alpha value is -3.08. The molecule has 2 aromatic carbocycles. The van der Waals surface area contributed by atoms with Gasteiger partial charge in [-0.05, 0) is 74.1 Å². The van der Waals surface area contributed by atoms with Crippen molar-refractivity contribution in [1.29, 1.82) is 0 Å². The predicted molar refractivity (Wildman–Crippen MR) is 115 cm³/mol. The Morgan fingerprint density at radius 2 is 2.00 bits per heavy atom. The van der Waals surface area contributed by atoms with Crippen LogP contribution in [0.25, 0.3) is 5.57 Å². The number of rotatable bonds is 3. The fraction of sp³-hybridized carbons (Fsp3) is 0.292. The van der Waals surface area contributed by atoms with E-state index in [4.69, 9.17) is 0 Å². The molecular formula is C24H24FN3O. The molecule has 2 aromatic rings. The van der Waals surface area contributed by atoms with Gasteiger partial charge in [0.1, 0.15) is 5.82 Å². The number of anilines is 3. The van der Waals surface area contributed by atoms with E-state index in [1.54, 1.807) is 17.8 Å². The molecule has 3 aliphatic rings. The highest BCUT2D eigenvalue weighted by molar-refractivity contribution is 6.31. The summed E-state index contributed by atoms with van der Waals surface area (Å²) in [7, 11) is 0. The van der Waals surface area contributed by atoms with Crippen molar-refractivity contribution in [1.82, 2.24) is 0 Å².